The van der Waals surface area contributed by atoms with Gasteiger partial charge in [-0.25, -0.2) is 32.1 Å². The molecule has 2 aromatic rings. The van der Waals surface area contributed by atoms with Crippen molar-refractivity contribution >= 4 is 39.6 Å². The average Bonchev–Trinajstić information content (AvgIpc) is 3.27. The van der Waals surface area contributed by atoms with Crippen molar-refractivity contribution in [2.45, 2.75) is 45.0 Å². The van der Waals surface area contributed by atoms with Crippen LogP contribution in [0.5, 0.6) is 0 Å². The van der Waals surface area contributed by atoms with Gasteiger partial charge in [-0.1, -0.05) is 6.07 Å². The number of pyridine rings is 1. The fourth-order valence-electron chi connectivity index (χ4n) is 4.52. The third kappa shape index (κ3) is 6.92. The first kappa shape index (κ1) is 28.9. The van der Waals surface area contributed by atoms with Gasteiger partial charge in [0.05, 0.1) is 35.8 Å². The number of carbonyl (C=O) groups excluding carboxylic acids is 4. The molecule has 4 rings (SSSR count). The minimum Gasteiger partial charge on any atom is -0.442 e. The maximum Gasteiger partial charge on any atom is 0.419 e. The number of ether oxygens (including phenoxy) is 3. The zero-order chi connectivity index (χ0) is 29.0. The summed E-state index contributed by atoms with van der Waals surface area (Å²) in [7, 11) is -3.09. The number of benzene rings is 1. The van der Waals surface area contributed by atoms with Crippen molar-refractivity contribution in [2.75, 3.05) is 29.5 Å². The van der Waals surface area contributed by atoms with Gasteiger partial charge < -0.3 is 14.2 Å². The Hall–Kier alpha value is -4.07. The maximum atomic E-state index is 15.0. The molecule has 0 bridgehead atoms. The molecule has 0 radical (unpaired) electrons. The van der Waals surface area contributed by atoms with Crippen LogP contribution in [0.4, 0.5) is 19.7 Å². The number of carbonyl (C=O) groups is 4. The summed E-state index contributed by atoms with van der Waals surface area (Å²) in [5.74, 6) is -2.26. The van der Waals surface area contributed by atoms with Gasteiger partial charge in [-0.3, -0.25) is 14.7 Å². The van der Waals surface area contributed by atoms with E-state index < -0.39 is 52.1 Å². The normalized spacial score (nSPS) is 19.4. The van der Waals surface area contributed by atoms with Crippen LogP contribution in [0.25, 0.3) is 0 Å². The zero-order valence-corrected chi connectivity index (χ0v) is 22.6. The number of rotatable bonds is 7. The smallest absolute Gasteiger partial charge is 0.419 e. The van der Waals surface area contributed by atoms with Crippen molar-refractivity contribution in [3.8, 4) is 0 Å². The molecule has 14 heteroatoms. The Morgan fingerprint density at radius 1 is 1.15 bits per heavy atom. The summed E-state index contributed by atoms with van der Waals surface area (Å²) < 4.78 is 53.8. The van der Waals surface area contributed by atoms with Crippen LogP contribution in [0.15, 0.2) is 42.7 Å². The summed E-state index contributed by atoms with van der Waals surface area (Å²) in [5.41, 5.74) is 0.785. The quantitative estimate of drug-likeness (QED) is 0.355. The predicted molar refractivity (Wildman–Crippen MR) is 138 cm³/mol. The van der Waals surface area contributed by atoms with Crippen molar-refractivity contribution in [1.29, 1.82) is 0 Å². The molecule has 40 heavy (non-hydrogen) atoms. The number of hydrogen-bond acceptors (Lipinski definition) is 10. The van der Waals surface area contributed by atoms with Crippen LogP contribution in [0.3, 0.4) is 0 Å². The van der Waals surface area contributed by atoms with Gasteiger partial charge >= 0.3 is 18.2 Å². The van der Waals surface area contributed by atoms with Gasteiger partial charge in [-0.15, -0.1) is 0 Å². The highest BCUT2D eigenvalue weighted by atomic mass is 32.2. The third-order valence-electron chi connectivity index (χ3n) is 6.61. The fourth-order valence-corrected chi connectivity index (χ4v) is 6.01. The van der Waals surface area contributed by atoms with Crippen LogP contribution in [0, 0.1) is 5.82 Å². The Kier molecular flexibility index (Phi) is 8.67. The summed E-state index contributed by atoms with van der Waals surface area (Å²) in [6.45, 7) is 1.99. The molecule has 2 saturated heterocycles. The Balaban J connectivity index is 1.36. The van der Waals surface area contributed by atoms with Gasteiger partial charge in [0, 0.05) is 26.2 Å². The number of halogens is 1. The second-order valence-corrected chi connectivity index (χ2v) is 11.8. The van der Waals surface area contributed by atoms with Crippen LogP contribution >= 0.6 is 0 Å². The highest BCUT2D eigenvalue weighted by Gasteiger charge is 2.37. The lowest BCUT2D eigenvalue weighted by Crippen LogP contribution is -2.43. The molecule has 2 aliphatic heterocycles. The molecular weight excluding hydrogens is 549 g/mol. The van der Waals surface area contributed by atoms with E-state index in [9.17, 15) is 32.0 Å². The number of esters is 1. The minimum atomic E-state index is -3.09. The second kappa shape index (κ2) is 12.0. The molecule has 0 N–H and O–H groups in total. The standard InChI is InChI=1S/C26H28FN3O9S/c1-16(31)29(25(33)38-17(2)37-24(32)19-5-9-28-10-6-19)14-21-15-30(26(34)39-21)20-3-4-22(23(27)13-20)18-7-11-40(35,36)12-8-18/h3-6,9-10,13,17-18,21H,7-8,11-12,14-15H2,1-2H3/t17?,21-/m0/s1. The number of imide groups is 1. The molecule has 2 fully saturated rings. The number of aromatic nitrogens is 1. The van der Waals surface area contributed by atoms with E-state index >= 15 is 0 Å². The summed E-state index contributed by atoms with van der Waals surface area (Å²) in [6.07, 6.45) is -0.737. The molecule has 214 valence electrons. The SMILES string of the molecule is CC(=O)N(C[C@H]1CN(c2ccc(C3CCS(=O)(=O)CC3)c(F)c2)C(=O)O1)C(=O)OC(C)OC(=O)c1ccncc1. The Labute approximate surface area is 229 Å². The highest BCUT2D eigenvalue weighted by Crippen LogP contribution is 2.33. The van der Waals surface area contributed by atoms with Crippen LogP contribution in [0.2, 0.25) is 0 Å². The monoisotopic (exact) mass is 577 g/mol. The van der Waals surface area contributed by atoms with Crippen LogP contribution in [-0.2, 0) is 28.8 Å². The van der Waals surface area contributed by atoms with E-state index in [0.717, 1.165) is 6.92 Å². The third-order valence-corrected chi connectivity index (χ3v) is 8.32. The van der Waals surface area contributed by atoms with Crippen molar-refractivity contribution < 1.29 is 46.2 Å². The lowest BCUT2D eigenvalue weighted by atomic mass is 9.93. The Morgan fingerprint density at radius 3 is 2.45 bits per heavy atom. The molecule has 2 atom stereocenters. The first-order chi connectivity index (χ1) is 18.9. The number of cyclic esters (lactones) is 1. The molecule has 0 saturated carbocycles. The van der Waals surface area contributed by atoms with Crippen LogP contribution in [0.1, 0.15) is 48.5 Å². The topological polar surface area (TPSA) is 149 Å². The highest BCUT2D eigenvalue weighted by molar-refractivity contribution is 7.91. The van der Waals surface area contributed by atoms with E-state index in [1.807, 2.05) is 0 Å². The Bertz CT molecular complexity index is 1390. The molecule has 1 unspecified atom stereocenters. The average molecular weight is 578 g/mol. The van der Waals surface area contributed by atoms with Gasteiger partial charge in [-0.2, -0.15) is 0 Å². The molecule has 0 aliphatic carbocycles. The van der Waals surface area contributed by atoms with E-state index in [1.165, 1.54) is 48.5 Å². The zero-order valence-electron chi connectivity index (χ0n) is 21.8. The largest absolute Gasteiger partial charge is 0.442 e. The van der Waals surface area contributed by atoms with Crippen molar-refractivity contribution in [3.63, 3.8) is 0 Å². The van der Waals surface area contributed by atoms with E-state index in [1.54, 1.807) is 6.07 Å². The van der Waals surface area contributed by atoms with Crippen molar-refractivity contribution in [1.82, 2.24) is 9.88 Å². The minimum absolute atomic E-state index is 0.0000233. The summed E-state index contributed by atoms with van der Waals surface area (Å²) in [5, 5.41) is 0. The first-order valence-electron chi connectivity index (χ1n) is 12.5. The van der Waals surface area contributed by atoms with Gasteiger partial charge in [-0.05, 0) is 48.6 Å². The van der Waals surface area contributed by atoms with E-state index in [0.29, 0.717) is 23.3 Å². The lowest BCUT2D eigenvalue weighted by Gasteiger charge is -2.24. The molecule has 3 amide bonds. The molecule has 2 aliphatic rings. The second-order valence-electron chi connectivity index (χ2n) is 9.47. The molecule has 1 aromatic carbocycles. The van der Waals surface area contributed by atoms with Crippen molar-refractivity contribution in [2.24, 2.45) is 0 Å². The van der Waals surface area contributed by atoms with Gasteiger partial charge in [0.1, 0.15) is 21.8 Å². The molecule has 0 spiro atoms. The molecule has 12 nitrogen and oxygen atoms in total. The summed E-state index contributed by atoms with van der Waals surface area (Å²) >= 11 is 0. The van der Waals surface area contributed by atoms with Gasteiger partial charge in [0.2, 0.25) is 12.2 Å². The summed E-state index contributed by atoms with van der Waals surface area (Å²) in [4.78, 5) is 55.2. The molecule has 3 heterocycles. The van der Waals surface area contributed by atoms with Gasteiger partial charge in [0.25, 0.3) is 0 Å². The number of hydrogen-bond donors (Lipinski definition) is 0. The van der Waals surface area contributed by atoms with Crippen LogP contribution < -0.4 is 4.90 Å². The van der Waals surface area contributed by atoms with Crippen molar-refractivity contribution in [3.05, 3.63) is 59.7 Å². The maximum absolute atomic E-state index is 15.0. The lowest BCUT2D eigenvalue weighted by molar-refractivity contribution is -0.130. The Morgan fingerprint density at radius 2 is 1.82 bits per heavy atom. The number of amides is 3. The summed E-state index contributed by atoms with van der Waals surface area (Å²) in [6, 6.07) is 7.09. The number of nitrogens with zero attached hydrogens (tertiary/aromatic N) is 3. The molecular formula is C26H28FN3O9S. The van der Waals surface area contributed by atoms with Crippen LogP contribution in [-0.4, -0.2) is 79.4 Å². The van der Waals surface area contributed by atoms with Gasteiger partial charge in [0.15, 0.2) is 0 Å². The first-order valence-corrected chi connectivity index (χ1v) is 14.3. The van der Waals surface area contributed by atoms with E-state index in [4.69, 9.17) is 14.2 Å². The van der Waals surface area contributed by atoms with E-state index in [2.05, 4.69) is 4.98 Å². The number of anilines is 1. The number of sulfone groups is 1. The predicted octanol–water partition coefficient (Wildman–Crippen LogP) is 3.03. The fraction of sp³-hybridized carbons (Fsp3) is 0.423. The molecule has 1 aromatic heterocycles. The van der Waals surface area contributed by atoms with E-state index in [-0.39, 0.29) is 41.8 Å².